The molecule has 1 aliphatic carbocycles. The summed E-state index contributed by atoms with van der Waals surface area (Å²) in [5, 5.41) is 6.34. The minimum absolute atomic E-state index is 0.0209. The maximum atomic E-state index is 12.3. The van der Waals surface area contributed by atoms with E-state index in [0.717, 1.165) is 25.7 Å². The topological polar surface area (TPSA) is 152 Å². The number of aromatic amines is 1. The Bertz CT molecular complexity index is 893. The van der Waals surface area contributed by atoms with Crippen molar-refractivity contribution < 1.29 is 4.79 Å². The Hall–Kier alpha value is -2.65. The Balaban J connectivity index is 1.86. The number of rotatable bonds is 6. The lowest BCUT2D eigenvalue weighted by Crippen LogP contribution is -2.48. The number of amides is 1. The quantitative estimate of drug-likeness (QED) is 0.502. The van der Waals surface area contributed by atoms with Gasteiger partial charge in [-0.1, -0.05) is 30.9 Å². The smallest absolute Gasteiger partial charge is 0.267 e. The van der Waals surface area contributed by atoms with Crippen molar-refractivity contribution in [2.45, 2.75) is 37.6 Å². The lowest BCUT2D eigenvalue weighted by atomic mass is 9.82. The molecule has 1 aliphatic rings. The number of nitrogens with two attached hydrogens (primary N) is 2. The molecule has 2 aromatic rings. The van der Waals surface area contributed by atoms with Crippen molar-refractivity contribution in [2.75, 3.05) is 17.2 Å². The number of hydrogen-bond acceptors (Lipinski definition) is 7. The second kappa shape index (κ2) is 7.93. The molecule has 0 saturated heterocycles. The van der Waals surface area contributed by atoms with E-state index in [9.17, 15) is 9.59 Å². The normalized spacial score (nSPS) is 15.9. The van der Waals surface area contributed by atoms with Gasteiger partial charge in [0.2, 0.25) is 5.95 Å². The Morgan fingerprint density at radius 1 is 1.30 bits per heavy atom. The van der Waals surface area contributed by atoms with E-state index in [1.807, 2.05) is 0 Å². The number of primary amides is 1. The summed E-state index contributed by atoms with van der Waals surface area (Å²) < 4.78 is 0. The molecule has 0 unspecified atom stereocenters. The van der Waals surface area contributed by atoms with Crippen LogP contribution in [0.5, 0.6) is 0 Å². The van der Waals surface area contributed by atoms with Gasteiger partial charge in [0.05, 0.1) is 16.9 Å². The molecule has 27 heavy (non-hydrogen) atoms. The molecule has 7 N–H and O–H groups in total. The second-order valence-corrected chi connectivity index (χ2v) is 7.23. The van der Waals surface area contributed by atoms with Crippen molar-refractivity contribution in [1.82, 2.24) is 15.0 Å². The third kappa shape index (κ3) is 4.75. The molecule has 0 aliphatic heterocycles. The summed E-state index contributed by atoms with van der Waals surface area (Å²) in [6.45, 7) is 0.462. The summed E-state index contributed by atoms with van der Waals surface area (Å²) in [7, 11) is 0. The molecule has 0 aromatic carbocycles. The van der Waals surface area contributed by atoms with Crippen molar-refractivity contribution in [3.8, 4) is 0 Å². The number of nitrogens with one attached hydrogen (secondary N) is 3. The SMILES string of the molecule is NC(=O)c1c(Nc2cncc(Cl)c2)nc(NCC2(N)CCCCC2)[nH]c1=O. The second-order valence-electron chi connectivity index (χ2n) is 6.80. The molecule has 9 nitrogen and oxygen atoms in total. The maximum absolute atomic E-state index is 12.3. The van der Waals surface area contributed by atoms with Gasteiger partial charge >= 0.3 is 0 Å². The van der Waals surface area contributed by atoms with Gasteiger partial charge in [-0.2, -0.15) is 4.98 Å². The highest BCUT2D eigenvalue weighted by Crippen LogP contribution is 2.26. The van der Waals surface area contributed by atoms with E-state index in [-0.39, 0.29) is 22.9 Å². The van der Waals surface area contributed by atoms with E-state index in [2.05, 4.69) is 25.6 Å². The number of nitrogens with zero attached hydrogens (tertiary/aromatic N) is 2. The first-order valence-corrected chi connectivity index (χ1v) is 9.09. The van der Waals surface area contributed by atoms with Crippen molar-refractivity contribution in [2.24, 2.45) is 11.5 Å². The minimum Gasteiger partial charge on any atom is -0.365 e. The van der Waals surface area contributed by atoms with Gasteiger partial charge in [-0.25, -0.2) is 0 Å². The fraction of sp³-hybridized carbons (Fsp3) is 0.412. The third-order valence-electron chi connectivity index (χ3n) is 4.59. The molecule has 0 radical (unpaired) electrons. The average Bonchev–Trinajstić information content (AvgIpc) is 2.60. The predicted octanol–water partition coefficient (Wildman–Crippen LogP) is 1.73. The predicted molar refractivity (Wildman–Crippen MR) is 104 cm³/mol. The van der Waals surface area contributed by atoms with Gasteiger partial charge in [-0.3, -0.25) is 19.6 Å². The van der Waals surface area contributed by atoms with E-state index in [1.165, 1.54) is 18.8 Å². The highest BCUT2D eigenvalue weighted by Gasteiger charge is 2.27. The molecule has 1 fully saturated rings. The molecule has 144 valence electrons. The van der Waals surface area contributed by atoms with Crippen molar-refractivity contribution >= 4 is 35.0 Å². The van der Waals surface area contributed by atoms with Crippen LogP contribution in [0.4, 0.5) is 17.5 Å². The number of halogens is 1. The standard InChI is InChI=1S/C17H22ClN7O2/c18-10-6-11(8-21-7-10)23-14-12(13(19)26)15(27)25-16(24-14)22-9-17(20)4-2-1-3-5-17/h6-8H,1-5,9,20H2,(H2,19,26)(H3,22,23,24,25,27). The summed E-state index contributed by atoms with van der Waals surface area (Å²) in [6.07, 6.45) is 8.11. The maximum Gasteiger partial charge on any atom is 0.267 e. The number of carbonyl (C=O) groups is 1. The lowest BCUT2D eigenvalue weighted by Gasteiger charge is -2.33. The lowest BCUT2D eigenvalue weighted by molar-refractivity contribution is 0.0999. The van der Waals surface area contributed by atoms with Gasteiger partial charge in [-0.05, 0) is 18.9 Å². The van der Waals surface area contributed by atoms with E-state index < -0.39 is 11.5 Å². The zero-order valence-electron chi connectivity index (χ0n) is 14.7. The number of pyridine rings is 1. The van der Waals surface area contributed by atoms with Crippen LogP contribution in [0.1, 0.15) is 42.5 Å². The first kappa shape index (κ1) is 19.1. The van der Waals surface area contributed by atoms with Gasteiger partial charge in [0.15, 0.2) is 5.82 Å². The van der Waals surface area contributed by atoms with E-state index in [0.29, 0.717) is 17.3 Å². The zero-order valence-corrected chi connectivity index (χ0v) is 15.5. The Labute approximate surface area is 160 Å². The van der Waals surface area contributed by atoms with Crippen LogP contribution in [0.2, 0.25) is 5.02 Å². The fourth-order valence-electron chi connectivity index (χ4n) is 3.19. The molecular weight excluding hydrogens is 370 g/mol. The molecule has 1 amide bonds. The molecule has 10 heteroatoms. The first-order valence-electron chi connectivity index (χ1n) is 8.71. The third-order valence-corrected chi connectivity index (χ3v) is 4.80. The van der Waals surface area contributed by atoms with Gasteiger partial charge in [0.25, 0.3) is 11.5 Å². The van der Waals surface area contributed by atoms with Crippen LogP contribution in [-0.2, 0) is 0 Å². The Morgan fingerprint density at radius 3 is 2.70 bits per heavy atom. The molecule has 1 saturated carbocycles. The van der Waals surface area contributed by atoms with Crippen LogP contribution in [0.3, 0.4) is 0 Å². The number of hydrogen-bond donors (Lipinski definition) is 5. The van der Waals surface area contributed by atoms with Crippen LogP contribution >= 0.6 is 11.6 Å². The van der Waals surface area contributed by atoms with E-state index in [4.69, 9.17) is 23.1 Å². The highest BCUT2D eigenvalue weighted by atomic mass is 35.5. The number of H-pyrrole nitrogens is 1. The van der Waals surface area contributed by atoms with Crippen LogP contribution in [0.15, 0.2) is 23.3 Å². The minimum atomic E-state index is -0.893. The van der Waals surface area contributed by atoms with Crippen molar-refractivity contribution in [3.05, 3.63) is 39.4 Å². The zero-order chi connectivity index (χ0) is 19.4. The fourth-order valence-corrected chi connectivity index (χ4v) is 3.36. The van der Waals surface area contributed by atoms with Gasteiger partial charge in [-0.15, -0.1) is 0 Å². The van der Waals surface area contributed by atoms with Crippen molar-refractivity contribution in [3.63, 3.8) is 0 Å². The summed E-state index contributed by atoms with van der Waals surface area (Å²) >= 11 is 5.92. The van der Waals surface area contributed by atoms with Gasteiger partial charge in [0, 0.05) is 18.3 Å². The number of anilines is 3. The summed E-state index contributed by atoms with van der Waals surface area (Å²) in [5.41, 5.74) is 10.9. The van der Waals surface area contributed by atoms with Crippen LogP contribution < -0.4 is 27.7 Å². The van der Waals surface area contributed by atoms with Crippen LogP contribution in [0.25, 0.3) is 0 Å². The van der Waals surface area contributed by atoms with Gasteiger partial charge in [0.1, 0.15) is 5.56 Å². The van der Waals surface area contributed by atoms with Gasteiger partial charge < -0.3 is 22.1 Å². The van der Waals surface area contributed by atoms with Crippen LogP contribution in [0, 0.1) is 0 Å². The first-order chi connectivity index (χ1) is 12.9. The van der Waals surface area contributed by atoms with Crippen molar-refractivity contribution in [1.29, 1.82) is 0 Å². The highest BCUT2D eigenvalue weighted by molar-refractivity contribution is 6.30. The molecule has 0 spiro atoms. The molecule has 0 atom stereocenters. The summed E-state index contributed by atoms with van der Waals surface area (Å²) in [4.78, 5) is 34.8. The largest absolute Gasteiger partial charge is 0.365 e. The Morgan fingerprint density at radius 2 is 2.04 bits per heavy atom. The number of carbonyl (C=O) groups excluding carboxylic acids is 1. The van der Waals surface area contributed by atoms with E-state index in [1.54, 1.807) is 6.07 Å². The molecule has 0 bridgehead atoms. The monoisotopic (exact) mass is 391 g/mol. The summed E-state index contributed by atoms with van der Waals surface area (Å²) in [6, 6.07) is 1.59. The summed E-state index contributed by atoms with van der Waals surface area (Å²) in [5.74, 6) is -0.666. The molecule has 2 aromatic heterocycles. The molecule has 3 rings (SSSR count). The van der Waals surface area contributed by atoms with Crippen LogP contribution in [-0.4, -0.2) is 32.9 Å². The number of aromatic nitrogens is 3. The Kier molecular flexibility index (Phi) is 5.62. The average molecular weight is 392 g/mol. The van der Waals surface area contributed by atoms with E-state index >= 15 is 0 Å². The molecule has 2 heterocycles. The molecular formula is C17H22ClN7O2.